The Hall–Kier alpha value is -2.63. The molecule has 0 radical (unpaired) electrons. The van der Waals surface area contributed by atoms with Crippen LogP contribution in [-0.4, -0.2) is 22.2 Å². The lowest BCUT2D eigenvalue weighted by atomic mass is 10.2. The molecule has 0 saturated carbocycles. The summed E-state index contributed by atoms with van der Waals surface area (Å²) in [6.45, 7) is 0.193. The van der Waals surface area contributed by atoms with Gasteiger partial charge in [-0.25, -0.2) is 9.18 Å². The number of aromatic carboxylic acids is 1. The van der Waals surface area contributed by atoms with Gasteiger partial charge in [-0.3, -0.25) is 4.79 Å². The second-order valence-electron chi connectivity index (χ2n) is 4.00. The molecule has 1 heterocycles. The van der Waals surface area contributed by atoms with E-state index in [0.717, 1.165) is 6.07 Å². The SMILES string of the molecule is O=C(O)c1cccc(F)c1OCCn1ccccc1=O. The van der Waals surface area contributed by atoms with E-state index < -0.39 is 11.8 Å². The van der Waals surface area contributed by atoms with Gasteiger partial charge in [0.05, 0.1) is 6.54 Å². The molecule has 0 atom stereocenters. The molecule has 2 rings (SSSR count). The van der Waals surface area contributed by atoms with Gasteiger partial charge in [0.25, 0.3) is 5.56 Å². The third-order valence-corrected chi connectivity index (χ3v) is 2.67. The zero-order chi connectivity index (χ0) is 14.5. The molecule has 2 aromatic rings. The molecule has 0 aliphatic carbocycles. The molecular weight excluding hydrogens is 265 g/mol. The maximum atomic E-state index is 13.6. The lowest BCUT2D eigenvalue weighted by Gasteiger charge is -2.10. The predicted octanol–water partition coefficient (Wildman–Crippen LogP) is 1.76. The molecule has 20 heavy (non-hydrogen) atoms. The minimum absolute atomic E-state index is 0.00880. The van der Waals surface area contributed by atoms with Crippen molar-refractivity contribution in [3.63, 3.8) is 0 Å². The highest BCUT2D eigenvalue weighted by molar-refractivity contribution is 5.90. The number of halogens is 1. The molecule has 0 aliphatic rings. The van der Waals surface area contributed by atoms with Crippen molar-refractivity contribution in [3.05, 3.63) is 64.3 Å². The quantitative estimate of drug-likeness (QED) is 0.904. The number of aromatic nitrogens is 1. The van der Waals surface area contributed by atoms with Crippen LogP contribution >= 0.6 is 0 Å². The van der Waals surface area contributed by atoms with E-state index >= 15 is 0 Å². The number of benzene rings is 1. The molecule has 0 unspecified atom stereocenters. The lowest BCUT2D eigenvalue weighted by molar-refractivity contribution is 0.0691. The fraction of sp³-hybridized carbons (Fsp3) is 0.143. The Labute approximate surface area is 113 Å². The van der Waals surface area contributed by atoms with Crippen molar-refractivity contribution in [2.45, 2.75) is 6.54 Å². The smallest absolute Gasteiger partial charge is 0.339 e. The molecular formula is C14H12FNO4. The molecule has 1 aromatic heterocycles. The number of rotatable bonds is 5. The number of carboxylic acid groups (broad SMARTS) is 1. The summed E-state index contributed by atoms with van der Waals surface area (Å²) in [6, 6.07) is 8.37. The maximum absolute atomic E-state index is 13.6. The zero-order valence-corrected chi connectivity index (χ0v) is 10.5. The maximum Gasteiger partial charge on any atom is 0.339 e. The van der Waals surface area contributed by atoms with E-state index in [1.807, 2.05) is 0 Å². The van der Waals surface area contributed by atoms with Crippen LogP contribution < -0.4 is 10.3 Å². The van der Waals surface area contributed by atoms with E-state index in [9.17, 15) is 14.0 Å². The molecule has 0 aliphatic heterocycles. The van der Waals surface area contributed by atoms with Crippen molar-refractivity contribution < 1.29 is 19.0 Å². The highest BCUT2D eigenvalue weighted by Crippen LogP contribution is 2.22. The number of para-hydroxylation sites is 1. The van der Waals surface area contributed by atoms with Gasteiger partial charge in [0.2, 0.25) is 0 Å². The molecule has 0 saturated heterocycles. The van der Waals surface area contributed by atoms with Crippen LogP contribution in [0, 0.1) is 5.82 Å². The van der Waals surface area contributed by atoms with E-state index in [4.69, 9.17) is 9.84 Å². The fourth-order valence-corrected chi connectivity index (χ4v) is 1.72. The highest BCUT2D eigenvalue weighted by Gasteiger charge is 2.15. The molecule has 1 aromatic carbocycles. The van der Waals surface area contributed by atoms with Crippen LogP contribution in [0.2, 0.25) is 0 Å². The Kier molecular flexibility index (Phi) is 4.14. The van der Waals surface area contributed by atoms with Crippen molar-refractivity contribution in [1.29, 1.82) is 0 Å². The van der Waals surface area contributed by atoms with Gasteiger partial charge in [-0.15, -0.1) is 0 Å². The number of nitrogens with zero attached hydrogens (tertiary/aromatic N) is 1. The Morgan fingerprint density at radius 3 is 2.75 bits per heavy atom. The molecule has 6 heteroatoms. The molecule has 0 fully saturated rings. The van der Waals surface area contributed by atoms with Crippen LogP contribution in [0.5, 0.6) is 5.75 Å². The van der Waals surface area contributed by atoms with Crippen LogP contribution in [-0.2, 0) is 6.54 Å². The molecule has 104 valence electrons. The molecule has 1 N–H and O–H groups in total. The number of carboxylic acids is 1. The van der Waals surface area contributed by atoms with Gasteiger partial charge in [-0.1, -0.05) is 12.1 Å². The molecule has 0 amide bonds. The minimum Gasteiger partial charge on any atom is -0.488 e. The zero-order valence-electron chi connectivity index (χ0n) is 10.5. The van der Waals surface area contributed by atoms with Gasteiger partial charge in [0.1, 0.15) is 12.2 Å². The van der Waals surface area contributed by atoms with Gasteiger partial charge in [0, 0.05) is 12.3 Å². The molecule has 5 nitrogen and oxygen atoms in total. The van der Waals surface area contributed by atoms with E-state index in [-0.39, 0.29) is 30.0 Å². The van der Waals surface area contributed by atoms with Crippen molar-refractivity contribution in [3.8, 4) is 5.75 Å². The summed E-state index contributed by atoms with van der Waals surface area (Å²) in [4.78, 5) is 22.4. The Morgan fingerprint density at radius 2 is 2.05 bits per heavy atom. The lowest BCUT2D eigenvalue weighted by Crippen LogP contribution is -2.21. The largest absolute Gasteiger partial charge is 0.488 e. The Bertz CT molecular complexity index is 681. The number of pyridine rings is 1. The summed E-state index contributed by atoms with van der Waals surface area (Å²) in [6.07, 6.45) is 1.57. The third-order valence-electron chi connectivity index (χ3n) is 2.67. The van der Waals surface area contributed by atoms with E-state index in [2.05, 4.69) is 0 Å². The number of ether oxygens (including phenoxy) is 1. The summed E-state index contributed by atoms with van der Waals surface area (Å²) in [5, 5.41) is 8.95. The topological polar surface area (TPSA) is 68.5 Å². The first-order valence-corrected chi connectivity index (χ1v) is 5.89. The second kappa shape index (κ2) is 6.01. The average Bonchev–Trinajstić information content (AvgIpc) is 2.42. The van der Waals surface area contributed by atoms with Gasteiger partial charge in [-0.05, 0) is 18.2 Å². The van der Waals surface area contributed by atoms with Gasteiger partial charge >= 0.3 is 5.97 Å². The Balaban J connectivity index is 2.10. The first-order valence-electron chi connectivity index (χ1n) is 5.89. The number of carbonyl (C=O) groups is 1. The van der Waals surface area contributed by atoms with Crippen molar-refractivity contribution in [2.75, 3.05) is 6.61 Å². The predicted molar refractivity (Wildman–Crippen MR) is 69.6 cm³/mol. The van der Waals surface area contributed by atoms with Gasteiger partial charge in [0.15, 0.2) is 11.6 Å². The van der Waals surface area contributed by atoms with Gasteiger partial charge in [-0.2, -0.15) is 0 Å². The minimum atomic E-state index is -1.27. The average molecular weight is 277 g/mol. The van der Waals surface area contributed by atoms with Gasteiger partial charge < -0.3 is 14.4 Å². The monoisotopic (exact) mass is 277 g/mol. The summed E-state index contributed by atoms with van der Waals surface area (Å²) in [7, 11) is 0. The highest BCUT2D eigenvalue weighted by atomic mass is 19.1. The second-order valence-corrected chi connectivity index (χ2v) is 4.00. The number of hydrogen-bond acceptors (Lipinski definition) is 3. The van der Waals surface area contributed by atoms with Crippen molar-refractivity contribution in [2.24, 2.45) is 0 Å². The fourth-order valence-electron chi connectivity index (χ4n) is 1.72. The van der Waals surface area contributed by atoms with Crippen LogP contribution in [0.25, 0.3) is 0 Å². The van der Waals surface area contributed by atoms with Crippen LogP contribution in [0.1, 0.15) is 10.4 Å². The van der Waals surface area contributed by atoms with Crippen molar-refractivity contribution in [1.82, 2.24) is 4.57 Å². The van der Waals surface area contributed by atoms with Crippen LogP contribution in [0.15, 0.2) is 47.4 Å². The summed E-state index contributed by atoms with van der Waals surface area (Å²) in [5.41, 5.74) is -0.450. The van der Waals surface area contributed by atoms with E-state index in [1.54, 1.807) is 18.3 Å². The third kappa shape index (κ3) is 3.03. The first-order chi connectivity index (χ1) is 9.59. The summed E-state index contributed by atoms with van der Waals surface area (Å²) >= 11 is 0. The standard InChI is InChI=1S/C14H12FNO4/c15-11-5-3-4-10(14(18)19)13(11)20-9-8-16-7-2-1-6-12(16)17/h1-7H,8-9H2,(H,18,19). The van der Waals surface area contributed by atoms with E-state index in [0.29, 0.717) is 0 Å². The molecule has 0 spiro atoms. The number of hydrogen-bond donors (Lipinski definition) is 1. The van der Waals surface area contributed by atoms with Crippen molar-refractivity contribution >= 4 is 5.97 Å². The Morgan fingerprint density at radius 1 is 1.25 bits per heavy atom. The normalized spacial score (nSPS) is 10.2. The van der Waals surface area contributed by atoms with Crippen LogP contribution in [0.3, 0.4) is 0 Å². The van der Waals surface area contributed by atoms with E-state index in [1.165, 1.54) is 22.8 Å². The van der Waals surface area contributed by atoms with Crippen LogP contribution in [0.4, 0.5) is 4.39 Å². The first kappa shape index (κ1) is 13.8. The molecule has 0 bridgehead atoms. The summed E-state index contributed by atoms with van der Waals surface area (Å²) in [5.74, 6) is -2.33. The summed E-state index contributed by atoms with van der Waals surface area (Å²) < 4.78 is 20.1.